The highest BCUT2D eigenvalue weighted by molar-refractivity contribution is 7.80. The predicted octanol–water partition coefficient (Wildman–Crippen LogP) is 2.08. The first-order valence-corrected chi connectivity index (χ1v) is 7.20. The Bertz CT molecular complexity index is 510. The second kappa shape index (κ2) is 5.06. The van der Waals surface area contributed by atoms with Crippen LogP contribution in [0.1, 0.15) is 19.3 Å². The zero-order valence-corrected chi connectivity index (χ0v) is 11.8. The van der Waals surface area contributed by atoms with Crippen molar-refractivity contribution >= 4 is 40.5 Å². The SMILES string of the molecule is O=C1C2CCC(Cl)CC2NC(=S)N1c1cccnc1. The molecular formula is C13H14ClN3OS. The van der Waals surface area contributed by atoms with E-state index in [9.17, 15) is 4.79 Å². The molecular weight excluding hydrogens is 282 g/mol. The normalized spacial score (nSPS) is 30.8. The van der Waals surface area contributed by atoms with E-state index in [1.165, 1.54) is 0 Å². The molecule has 2 fully saturated rings. The molecule has 2 heterocycles. The Balaban J connectivity index is 1.88. The number of rotatable bonds is 1. The Labute approximate surface area is 122 Å². The first-order chi connectivity index (χ1) is 9.16. The van der Waals surface area contributed by atoms with Crippen molar-refractivity contribution in [1.29, 1.82) is 0 Å². The maximum Gasteiger partial charge on any atom is 0.238 e. The van der Waals surface area contributed by atoms with Gasteiger partial charge in [-0.25, -0.2) is 0 Å². The average Bonchev–Trinajstić information content (AvgIpc) is 2.39. The van der Waals surface area contributed by atoms with Gasteiger partial charge < -0.3 is 5.32 Å². The Hall–Kier alpha value is -1.20. The number of thiocarbonyl (C=S) groups is 1. The summed E-state index contributed by atoms with van der Waals surface area (Å²) in [5, 5.41) is 3.83. The second-order valence-corrected chi connectivity index (χ2v) is 5.96. The van der Waals surface area contributed by atoms with Crippen LogP contribution in [0, 0.1) is 5.92 Å². The Kier molecular flexibility index (Phi) is 3.41. The summed E-state index contributed by atoms with van der Waals surface area (Å²) in [6.45, 7) is 0. The molecule has 0 spiro atoms. The molecule has 100 valence electrons. The van der Waals surface area contributed by atoms with Gasteiger partial charge in [-0.3, -0.25) is 14.7 Å². The van der Waals surface area contributed by atoms with Crippen LogP contribution in [0.3, 0.4) is 0 Å². The molecule has 1 aromatic rings. The molecule has 3 atom stereocenters. The largest absolute Gasteiger partial charge is 0.358 e. The summed E-state index contributed by atoms with van der Waals surface area (Å²) in [7, 11) is 0. The van der Waals surface area contributed by atoms with Gasteiger partial charge in [-0.1, -0.05) is 0 Å². The molecule has 6 heteroatoms. The number of nitrogens with one attached hydrogen (secondary N) is 1. The van der Waals surface area contributed by atoms with Crippen molar-refractivity contribution in [3.8, 4) is 0 Å². The van der Waals surface area contributed by atoms with E-state index >= 15 is 0 Å². The lowest BCUT2D eigenvalue weighted by Crippen LogP contribution is -2.61. The third-order valence-electron chi connectivity index (χ3n) is 3.74. The van der Waals surface area contributed by atoms with E-state index in [2.05, 4.69) is 10.3 Å². The van der Waals surface area contributed by atoms with Crippen LogP contribution in [-0.4, -0.2) is 27.4 Å². The van der Waals surface area contributed by atoms with Crippen LogP contribution in [0.4, 0.5) is 5.69 Å². The van der Waals surface area contributed by atoms with Crippen molar-refractivity contribution in [1.82, 2.24) is 10.3 Å². The fourth-order valence-corrected chi connectivity index (χ4v) is 3.46. The topological polar surface area (TPSA) is 45.2 Å². The molecule has 0 aromatic carbocycles. The number of carbonyl (C=O) groups is 1. The molecule has 4 nitrogen and oxygen atoms in total. The molecule has 3 rings (SSSR count). The standard InChI is InChI=1S/C13H14ClN3OS/c14-8-3-4-10-11(6-8)16-13(19)17(12(10)18)9-2-1-5-15-7-9/h1-2,5,7-8,10-11H,3-4,6H2,(H,16,19). The van der Waals surface area contributed by atoms with Gasteiger partial charge >= 0.3 is 0 Å². The molecule has 1 aliphatic carbocycles. The molecule has 1 aromatic heterocycles. The van der Waals surface area contributed by atoms with Gasteiger partial charge in [0, 0.05) is 17.6 Å². The van der Waals surface area contributed by atoms with Gasteiger partial charge in [0.2, 0.25) is 5.91 Å². The number of hydrogen-bond donors (Lipinski definition) is 1. The number of aromatic nitrogens is 1. The molecule has 1 N–H and O–H groups in total. The van der Waals surface area contributed by atoms with Gasteiger partial charge in [0.05, 0.1) is 17.8 Å². The predicted molar refractivity (Wildman–Crippen MR) is 78.2 cm³/mol. The number of halogens is 1. The van der Waals surface area contributed by atoms with Crippen molar-refractivity contribution in [3.05, 3.63) is 24.5 Å². The first kappa shape index (κ1) is 12.8. The second-order valence-electron chi connectivity index (χ2n) is 4.96. The van der Waals surface area contributed by atoms with Crippen LogP contribution < -0.4 is 10.2 Å². The summed E-state index contributed by atoms with van der Waals surface area (Å²) < 4.78 is 0. The van der Waals surface area contributed by atoms with Crippen molar-refractivity contribution < 1.29 is 4.79 Å². The van der Waals surface area contributed by atoms with Crippen molar-refractivity contribution in [2.24, 2.45) is 5.92 Å². The third-order valence-corrected chi connectivity index (χ3v) is 4.44. The van der Waals surface area contributed by atoms with Gasteiger partial charge in [0.25, 0.3) is 0 Å². The Morgan fingerprint density at radius 2 is 2.32 bits per heavy atom. The highest BCUT2D eigenvalue weighted by Crippen LogP contribution is 2.33. The van der Waals surface area contributed by atoms with Crippen LogP contribution in [0.5, 0.6) is 0 Å². The summed E-state index contributed by atoms with van der Waals surface area (Å²) in [5.74, 6) is 0.0206. The van der Waals surface area contributed by atoms with Crippen LogP contribution in [0.15, 0.2) is 24.5 Å². The third kappa shape index (κ3) is 2.32. The number of amides is 1. The number of fused-ring (bicyclic) bond motifs is 1. The van der Waals surface area contributed by atoms with Crippen molar-refractivity contribution in [2.45, 2.75) is 30.7 Å². The lowest BCUT2D eigenvalue weighted by atomic mass is 9.82. The number of carbonyl (C=O) groups excluding carboxylic acids is 1. The zero-order valence-electron chi connectivity index (χ0n) is 10.3. The van der Waals surface area contributed by atoms with Crippen molar-refractivity contribution in [3.63, 3.8) is 0 Å². The highest BCUT2D eigenvalue weighted by Gasteiger charge is 2.42. The lowest BCUT2D eigenvalue weighted by Gasteiger charge is -2.42. The minimum atomic E-state index is -0.0399. The van der Waals surface area contributed by atoms with Crippen LogP contribution >= 0.6 is 23.8 Å². The molecule has 1 amide bonds. The number of pyridine rings is 1. The number of hydrogen-bond acceptors (Lipinski definition) is 3. The fraction of sp³-hybridized carbons (Fsp3) is 0.462. The van der Waals surface area contributed by atoms with E-state index in [1.807, 2.05) is 6.07 Å². The van der Waals surface area contributed by atoms with Crippen molar-refractivity contribution in [2.75, 3.05) is 4.90 Å². The zero-order chi connectivity index (χ0) is 13.4. The molecule has 1 saturated carbocycles. The van der Waals surface area contributed by atoms with E-state index in [1.54, 1.807) is 23.4 Å². The van der Waals surface area contributed by atoms with E-state index in [4.69, 9.17) is 23.8 Å². The molecule has 3 unspecified atom stereocenters. The molecule has 0 bridgehead atoms. The van der Waals surface area contributed by atoms with Crippen LogP contribution in [0.2, 0.25) is 0 Å². The molecule has 1 saturated heterocycles. The van der Waals surface area contributed by atoms with Gasteiger partial charge in [0.15, 0.2) is 5.11 Å². The fourth-order valence-electron chi connectivity index (χ4n) is 2.79. The Morgan fingerprint density at radius 3 is 3.05 bits per heavy atom. The van der Waals surface area contributed by atoms with Gasteiger partial charge in [-0.2, -0.15) is 0 Å². The summed E-state index contributed by atoms with van der Waals surface area (Å²) in [6, 6.07) is 3.71. The quantitative estimate of drug-likeness (QED) is 0.636. The van der Waals surface area contributed by atoms with Gasteiger partial charge in [-0.15, -0.1) is 11.6 Å². The van der Waals surface area contributed by atoms with E-state index in [0.717, 1.165) is 24.9 Å². The van der Waals surface area contributed by atoms with E-state index in [0.29, 0.717) is 5.11 Å². The highest BCUT2D eigenvalue weighted by atomic mass is 35.5. The Morgan fingerprint density at radius 1 is 1.47 bits per heavy atom. The molecule has 0 radical (unpaired) electrons. The van der Waals surface area contributed by atoms with E-state index < -0.39 is 0 Å². The van der Waals surface area contributed by atoms with E-state index in [-0.39, 0.29) is 23.2 Å². The average molecular weight is 296 g/mol. The monoisotopic (exact) mass is 295 g/mol. The maximum atomic E-state index is 12.6. The minimum Gasteiger partial charge on any atom is -0.358 e. The van der Waals surface area contributed by atoms with Gasteiger partial charge in [-0.05, 0) is 43.6 Å². The number of alkyl halides is 1. The number of nitrogens with zero attached hydrogens (tertiary/aromatic N) is 2. The molecule has 19 heavy (non-hydrogen) atoms. The summed E-state index contributed by atoms with van der Waals surface area (Å²) in [5.41, 5.74) is 0.719. The molecule has 1 aliphatic heterocycles. The van der Waals surface area contributed by atoms with Crippen LogP contribution in [0.25, 0.3) is 0 Å². The first-order valence-electron chi connectivity index (χ1n) is 6.35. The minimum absolute atomic E-state index is 0.0399. The summed E-state index contributed by atoms with van der Waals surface area (Å²) >= 11 is 11.5. The van der Waals surface area contributed by atoms with Crippen LogP contribution in [-0.2, 0) is 4.79 Å². The number of anilines is 1. The van der Waals surface area contributed by atoms with Gasteiger partial charge in [0.1, 0.15) is 0 Å². The molecule has 2 aliphatic rings. The maximum absolute atomic E-state index is 12.6. The smallest absolute Gasteiger partial charge is 0.238 e. The summed E-state index contributed by atoms with van der Waals surface area (Å²) in [4.78, 5) is 18.2. The lowest BCUT2D eigenvalue weighted by molar-refractivity contribution is -0.123. The summed E-state index contributed by atoms with van der Waals surface area (Å²) in [6.07, 6.45) is 5.81.